The summed E-state index contributed by atoms with van der Waals surface area (Å²) in [4.78, 5) is 31.7. The molecule has 0 bridgehead atoms. The molecule has 0 aliphatic heterocycles. The van der Waals surface area contributed by atoms with Gasteiger partial charge in [-0.3, -0.25) is 9.36 Å². The van der Waals surface area contributed by atoms with Gasteiger partial charge in [-0.15, -0.1) is 11.3 Å². The molecule has 0 saturated heterocycles. The molecule has 0 saturated carbocycles. The quantitative estimate of drug-likeness (QED) is 0.560. The lowest BCUT2D eigenvalue weighted by Gasteiger charge is -2.08. The molecule has 0 amide bonds. The molecule has 3 aromatic heterocycles. The molecule has 0 aliphatic carbocycles. The second kappa shape index (κ2) is 6.76. The molecule has 9 heteroatoms. The Balaban J connectivity index is 1.69. The highest BCUT2D eigenvalue weighted by Crippen LogP contribution is 2.25. The molecule has 0 fully saturated rings. The Labute approximate surface area is 158 Å². The van der Waals surface area contributed by atoms with Crippen LogP contribution in [0, 0.1) is 13.8 Å². The highest BCUT2D eigenvalue weighted by atomic mass is 32.1. The number of hydrogen-bond acceptors (Lipinski definition) is 8. The van der Waals surface area contributed by atoms with Crippen molar-refractivity contribution in [2.75, 3.05) is 11.1 Å². The predicted molar refractivity (Wildman–Crippen MR) is 106 cm³/mol. The zero-order valence-electron chi connectivity index (χ0n) is 14.8. The van der Waals surface area contributed by atoms with Crippen molar-refractivity contribution in [3.8, 4) is 0 Å². The van der Waals surface area contributed by atoms with E-state index in [1.807, 2.05) is 44.2 Å². The van der Waals surface area contributed by atoms with Crippen LogP contribution in [0.4, 0.5) is 17.6 Å². The second-order valence-corrected chi connectivity index (χ2v) is 7.27. The molecule has 136 valence electrons. The first-order valence-electron chi connectivity index (χ1n) is 8.29. The summed E-state index contributed by atoms with van der Waals surface area (Å²) >= 11 is 1.52. The van der Waals surface area contributed by atoms with Crippen molar-refractivity contribution < 1.29 is 0 Å². The lowest BCUT2D eigenvalue weighted by molar-refractivity contribution is 0.704. The first-order valence-corrected chi connectivity index (χ1v) is 9.10. The maximum Gasteiger partial charge on any atom is 0.262 e. The van der Waals surface area contributed by atoms with E-state index >= 15 is 0 Å². The van der Waals surface area contributed by atoms with Gasteiger partial charge < -0.3 is 11.1 Å². The second-order valence-electron chi connectivity index (χ2n) is 6.07. The van der Waals surface area contributed by atoms with Gasteiger partial charge >= 0.3 is 0 Å². The fourth-order valence-corrected chi connectivity index (χ4v) is 3.74. The van der Waals surface area contributed by atoms with Crippen LogP contribution in [0.1, 0.15) is 16.3 Å². The minimum atomic E-state index is -0.113. The van der Waals surface area contributed by atoms with E-state index in [0.717, 1.165) is 21.0 Å². The standard InChI is InChI=1S/C18H17N7OS/c1-10-11(2)27-15-14(10)16(26)25(9-20-15)8-13-22-17(19)24-18(23-13)21-12-6-4-3-5-7-12/h3-7,9H,8H2,1-2H3,(H3,19,21,22,23,24). The number of thiophene rings is 1. The van der Waals surface area contributed by atoms with Gasteiger partial charge in [0.25, 0.3) is 5.56 Å². The maximum atomic E-state index is 12.8. The summed E-state index contributed by atoms with van der Waals surface area (Å²) in [6, 6.07) is 9.51. The van der Waals surface area contributed by atoms with Crippen molar-refractivity contribution >= 4 is 39.1 Å². The molecule has 0 atom stereocenters. The van der Waals surface area contributed by atoms with E-state index in [1.165, 1.54) is 22.2 Å². The van der Waals surface area contributed by atoms with E-state index in [1.54, 1.807) is 0 Å². The van der Waals surface area contributed by atoms with Crippen LogP contribution in [0.5, 0.6) is 0 Å². The van der Waals surface area contributed by atoms with Crippen LogP contribution in [-0.4, -0.2) is 24.5 Å². The van der Waals surface area contributed by atoms with Crippen molar-refractivity contribution in [1.29, 1.82) is 0 Å². The average molecular weight is 379 g/mol. The number of aromatic nitrogens is 5. The van der Waals surface area contributed by atoms with Crippen molar-refractivity contribution in [3.63, 3.8) is 0 Å². The van der Waals surface area contributed by atoms with Gasteiger partial charge in [0.2, 0.25) is 11.9 Å². The Morgan fingerprint density at radius 1 is 1.15 bits per heavy atom. The topological polar surface area (TPSA) is 112 Å². The largest absolute Gasteiger partial charge is 0.368 e. The molecule has 4 rings (SSSR count). The molecular formula is C18H17N7OS. The first-order chi connectivity index (χ1) is 13.0. The minimum absolute atomic E-state index is 0.0862. The minimum Gasteiger partial charge on any atom is -0.368 e. The molecule has 8 nitrogen and oxygen atoms in total. The SMILES string of the molecule is Cc1sc2ncn(Cc3nc(N)nc(Nc4ccccc4)n3)c(=O)c2c1C. The van der Waals surface area contributed by atoms with Gasteiger partial charge in [0.15, 0.2) is 5.82 Å². The van der Waals surface area contributed by atoms with E-state index in [-0.39, 0.29) is 18.1 Å². The molecule has 3 N–H and O–H groups in total. The van der Waals surface area contributed by atoms with E-state index in [0.29, 0.717) is 17.2 Å². The number of hydrogen-bond donors (Lipinski definition) is 2. The van der Waals surface area contributed by atoms with E-state index < -0.39 is 0 Å². The number of para-hydroxylation sites is 1. The van der Waals surface area contributed by atoms with Gasteiger partial charge in [-0.2, -0.15) is 15.0 Å². The molecule has 4 aromatic rings. The number of benzene rings is 1. The zero-order chi connectivity index (χ0) is 19.0. The third-order valence-corrected chi connectivity index (χ3v) is 5.31. The Bertz CT molecular complexity index is 1180. The highest BCUT2D eigenvalue weighted by Gasteiger charge is 2.13. The fourth-order valence-electron chi connectivity index (χ4n) is 2.75. The summed E-state index contributed by atoms with van der Waals surface area (Å²) in [6.45, 7) is 4.08. The van der Waals surface area contributed by atoms with Crippen LogP contribution in [0.25, 0.3) is 10.2 Å². The van der Waals surface area contributed by atoms with E-state index in [2.05, 4.69) is 25.3 Å². The Morgan fingerprint density at radius 2 is 1.93 bits per heavy atom. The predicted octanol–water partition coefficient (Wildman–Crippen LogP) is 2.63. The highest BCUT2D eigenvalue weighted by molar-refractivity contribution is 7.18. The van der Waals surface area contributed by atoms with Crippen molar-refractivity contribution in [2.45, 2.75) is 20.4 Å². The number of nitrogens with one attached hydrogen (secondary N) is 1. The van der Waals surface area contributed by atoms with Crippen molar-refractivity contribution in [3.05, 3.63) is 63.3 Å². The van der Waals surface area contributed by atoms with Gasteiger partial charge in [0.1, 0.15) is 4.83 Å². The van der Waals surface area contributed by atoms with Crippen LogP contribution in [0.15, 0.2) is 41.5 Å². The summed E-state index contributed by atoms with van der Waals surface area (Å²) in [5.74, 6) is 0.796. The van der Waals surface area contributed by atoms with Gasteiger partial charge in [-0.05, 0) is 31.5 Å². The molecule has 0 unspecified atom stereocenters. The van der Waals surface area contributed by atoms with Crippen LogP contribution in [0.2, 0.25) is 0 Å². The number of nitrogen functional groups attached to an aromatic ring is 1. The Kier molecular flexibility index (Phi) is 4.28. The lowest BCUT2D eigenvalue weighted by atomic mass is 10.2. The monoisotopic (exact) mass is 379 g/mol. The molecule has 27 heavy (non-hydrogen) atoms. The van der Waals surface area contributed by atoms with E-state index in [9.17, 15) is 4.79 Å². The third-order valence-electron chi connectivity index (χ3n) is 4.20. The summed E-state index contributed by atoms with van der Waals surface area (Å²) in [7, 11) is 0. The molecule has 1 aromatic carbocycles. The molecule has 0 aliphatic rings. The Hall–Kier alpha value is -3.33. The summed E-state index contributed by atoms with van der Waals surface area (Å²) < 4.78 is 1.49. The fraction of sp³-hybridized carbons (Fsp3) is 0.167. The van der Waals surface area contributed by atoms with Crippen LogP contribution < -0.4 is 16.6 Å². The third kappa shape index (κ3) is 3.36. The van der Waals surface area contributed by atoms with Crippen molar-refractivity contribution in [1.82, 2.24) is 24.5 Å². The lowest BCUT2D eigenvalue weighted by Crippen LogP contribution is -2.22. The number of fused-ring (bicyclic) bond motifs is 1. The van der Waals surface area contributed by atoms with Gasteiger partial charge in [0.05, 0.1) is 18.3 Å². The Morgan fingerprint density at radius 3 is 2.70 bits per heavy atom. The summed E-state index contributed by atoms with van der Waals surface area (Å²) in [5.41, 5.74) is 7.50. The first kappa shape index (κ1) is 17.1. The van der Waals surface area contributed by atoms with E-state index in [4.69, 9.17) is 5.73 Å². The number of nitrogens with zero attached hydrogens (tertiary/aromatic N) is 5. The van der Waals surface area contributed by atoms with Crippen molar-refractivity contribution in [2.24, 2.45) is 0 Å². The number of nitrogens with two attached hydrogens (primary N) is 1. The number of anilines is 3. The molecular weight excluding hydrogens is 362 g/mol. The normalized spacial score (nSPS) is 11.0. The van der Waals surface area contributed by atoms with Crippen LogP contribution >= 0.6 is 11.3 Å². The summed E-state index contributed by atoms with van der Waals surface area (Å²) in [5, 5.41) is 3.73. The molecule has 0 radical (unpaired) electrons. The van der Waals surface area contributed by atoms with Crippen LogP contribution in [-0.2, 0) is 6.54 Å². The maximum absolute atomic E-state index is 12.8. The summed E-state index contributed by atoms with van der Waals surface area (Å²) in [6.07, 6.45) is 1.52. The average Bonchev–Trinajstić information content (AvgIpc) is 2.93. The zero-order valence-corrected chi connectivity index (χ0v) is 15.6. The van der Waals surface area contributed by atoms with Gasteiger partial charge in [-0.1, -0.05) is 18.2 Å². The molecule has 3 heterocycles. The molecule has 0 spiro atoms. The number of rotatable bonds is 4. The van der Waals surface area contributed by atoms with Gasteiger partial charge in [0, 0.05) is 10.6 Å². The van der Waals surface area contributed by atoms with Crippen LogP contribution in [0.3, 0.4) is 0 Å². The smallest absolute Gasteiger partial charge is 0.262 e. The number of aryl methyl sites for hydroxylation is 2. The van der Waals surface area contributed by atoms with Gasteiger partial charge in [-0.25, -0.2) is 4.98 Å².